The van der Waals surface area contributed by atoms with Crippen LogP contribution in [0.3, 0.4) is 0 Å². The van der Waals surface area contributed by atoms with Gasteiger partial charge in [-0.15, -0.1) is 23.7 Å². The molecule has 1 fully saturated rings. The van der Waals surface area contributed by atoms with Crippen LogP contribution in [0.2, 0.25) is 0 Å². The summed E-state index contributed by atoms with van der Waals surface area (Å²) in [5.74, 6) is 0.147. The molecule has 1 aliphatic rings. The van der Waals surface area contributed by atoms with Gasteiger partial charge in [-0.25, -0.2) is 0 Å². The Morgan fingerprint density at radius 3 is 2.74 bits per heavy atom. The van der Waals surface area contributed by atoms with Crippen LogP contribution in [-0.2, 0) is 11.2 Å². The van der Waals surface area contributed by atoms with Crippen molar-refractivity contribution in [2.45, 2.75) is 37.8 Å². The van der Waals surface area contributed by atoms with Crippen LogP contribution in [0.15, 0.2) is 47.8 Å². The molecule has 0 radical (unpaired) electrons. The highest BCUT2D eigenvalue weighted by molar-refractivity contribution is 7.10. The van der Waals surface area contributed by atoms with Gasteiger partial charge in [0, 0.05) is 17.3 Å². The molecular weight excluding hydrogens is 328 g/mol. The molecule has 3 rings (SSSR count). The SMILES string of the molecule is Cl.O=C(CC1CCCN1)NC(Cc1ccccc1)c1cccs1. The molecule has 1 saturated heterocycles. The van der Waals surface area contributed by atoms with Crippen LogP contribution in [0.25, 0.3) is 0 Å². The minimum atomic E-state index is 0. The maximum absolute atomic E-state index is 12.3. The number of rotatable bonds is 6. The van der Waals surface area contributed by atoms with Gasteiger partial charge in [-0.2, -0.15) is 0 Å². The lowest BCUT2D eigenvalue weighted by Crippen LogP contribution is -2.34. The molecule has 0 bridgehead atoms. The highest BCUT2D eigenvalue weighted by atomic mass is 35.5. The van der Waals surface area contributed by atoms with Crippen molar-refractivity contribution in [3.05, 3.63) is 58.3 Å². The Hall–Kier alpha value is -1.36. The van der Waals surface area contributed by atoms with E-state index in [4.69, 9.17) is 0 Å². The summed E-state index contributed by atoms with van der Waals surface area (Å²) in [5, 5.41) is 8.68. The van der Waals surface area contributed by atoms with Crippen molar-refractivity contribution >= 4 is 29.7 Å². The zero-order valence-corrected chi connectivity index (χ0v) is 14.7. The summed E-state index contributed by atoms with van der Waals surface area (Å²) in [6, 6.07) is 14.9. The van der Waals surface area contributed by atoms with Gasteiger partial charge in [0.05, 0.1) is 6.04 Å². The summed E-state index contributed by atoms with van der Waals surface area (Å²) in [4.78, 5) is 13.6. The third kappa shape index (κ3) is 5.34. The second-order valence-corrected chi connectivity index (χ2v) is 6.80. The van der Waals surface area contributed by atoms with E-state index in [1.54, 1.807) is 11.3 Å². The molecule has 1 aliphatic heterocycles. The van der Waals surface area contributed by atoms with Gasteiger partial charge in [-0.05, 0) is 42.8 Å². The van der Waals surface area contributed by atoms with E-state index in [1.807, 2.05) is 24.3 Å². The zero-order chi connectivity index (χ0) is 15.2. The first-order chi connectivity index (χ1) is 10.8. The Labute approximate surface area is 147 Å². The number of nitrogens with one attached hydrogen (secondary N) is 2. The first-order valence-corrected chi connectivity index (χ1v) is 8.79. The van der Waals surface area contributed by atoms with Crippen LogP contribution in [0.1, 0.15) is 35.7 Å². The molecule has 2 unspecified atom stereocenters. The first kappa shape index (κ1) is 18.0. The van der Waals surface area contributed by atoms with Crippen LogP contribution in [0.5, 0.6) is 0 Å². The van der Waals surface area contributed by atoms with Crippen molar-refractivity contribution in [2.24, 2.45) is 0 Å². The van der Waals surface area contributed by atoms with Gasteiger partial charge in [-0.3, -0.25) is 4.79 Å². The van der Waals surface area contributed by atoms with Crippen molar-refractivity contribution in [2.75, 3.05) is 6.54 Å². The van der Waals surface area contributed by atoms with Gasteiger partial charge in [0.2, 0.25) is 5.91 Å². The largest absolute Gasteiger partial charge is 0.348 e. The lowest BCUT2D eigenvalue weighted by atomic mass is 10.0. The minimum absolute atomic E-state index is 0. The third-order valence-electron chi connectivity index (χ3n) is 4.10. The Morgan fingerprint density at radius 2 is 2.09 bits per heavy atom. The van der Waals surface area contributed by atoms with Gasteiger partial charge < -0.3 is 10.6 Å². The molecule has 23 heavy (non-hydrogen) atoms. The van der Waals surface area contributed by atoms with Crippen molar-refractivity contribution in [1.29, 1.82) is 0 Å². The number of carbonyl (C=O) groups excluding carboxylic acids is 1. The number of halogens is 1. The fraction of sp³-hybridized carbons (Fsp3) is 0.389. The molecule has 0 aliphatic carbocycles. The van der Waals surface area contributed by atoms with Gasteiger partial charge in [0.15, 0.2) is 0 Å². The van der Waals surface area contributed by atoms with Gasteiger partial charge in [0.25, 0.3) is 0 Å². The van der Waals surface area contributed by atoms with Crippen molar-refractivity contribution in [3.63, 3.8) is 0 Å². The molecule has 2 N–H and O–H groups in total. The van der Waals surface area contributed by atoms with E-state index < -0.39 is 0 Å². The summed E-state index contributed by atoms with van der Waals surface area (Å²) in [6.45, 7) is 1.04. The van der Waals surface area contributed by atoms with E-state index in [0.29, 0.717) is 12.5 Å². The summed E-state index contributed by atoms with van der Waals surface area (Å²) in [7, 11) is 0. The Balaban J connectivity index is 0.00000192. The lowest BCUT2D eigenvalue weighted by Gasteiger charge is -2.19. The normalized spacial score (nSPS) is 18.2. The molecule has 0 saturated carbocycles. The molecule has 3 nitrogen and oxygen atoms in total. The fourth-order valence-corrected chi connectivity index (χ4v) is 3.75. The van der Waals surface area contributed by atoms with E-state index in [0.717, 1.165) is 19.4 Å². The van der Waals surface area contributed by atoms with E-state index in [9.17, 15) is 4.79 Å². The monoisotopic (exact) mass is 350 g/mol. The number of hydrogen-bond acceptors (Lipinski definition) is 3. The highest BCUT2D eigenvalue weighted by Crippen LogP contribution is 2.23. The van der Waals surface area contributed by atoms with E-state index in [1.165, 1.54) is 16.9 Å². The van der Waals surface area contributed by atoms with Gasteiger partial charge in [0.1, 0.15) is 0 Å². The molecule has 1 amide bonds. The van der Waals surface area contributed by atoms with Crippen molar-refractivity contribution in [1.82, 2.24) is 10.6 Å². The Morgan fingerprint density at radius 1 is 1.26 bits per heavy atom. The van der Waals surface area contributed by atoms with Crippen LogP contribution >= 0.6 is 23.7 Å². The van der Waals surface area contributed by atoms with Crippen LogP contribution < -0.4 is 10.6 Å². The van der Waals surface area contributed by atoms with E-state index in [-0.39, 0.29) is 24.4 Å². The van der Waals surface area contributed by atoms with Crippen LogP contribution in [0.4, 0.5) is 0 Å². The van der Waals surface area contributed by atoms with Gasteiger partial charge >= 0.3 is 0 Å². The van der Waals surface area contributed by atoms with Crippen molar-refractivity contribution in [3.8, 4) is 0 Å². The number of hydrogen-bond donors (Lipinski definition) is 2. The Bertz CT molecular complexity index is 582. The van der Waals surface area contributed by atoms with E-state index >= 15 is 0 Å². The number of amides is 1. The predicted octanol–water partition coefficient (Wildman–Crippen LogP) is 3.71. The molecule has 0 spiro atoms. The number of carbonyl (C=O) groups is 1. The maximum atomic E-state index is 12.3. The first-order valence-electron chi connectivity index (χ1n) is 7.91. The average molecular weight is 351 g/mol. The zero-order valence-electron chi connectivity index (χ0n) is 13.0. The van der Waals surface area contributed by atoms with E-state index in [2.05, 4.69) is 34.2 Å². The van der Waals surface area contributed by atoms with Crippen LogP contribution in [0, 0.1) is 0 Å². The smallest absolute Gasteiger partial charge is 0.222 e. The number of benzene rings is 1. The molecule has 2 aromatic rings. The summed E-state index contributed by atoms with van der Waals surface area (Å²) >= 11 is 1.70. The second kappa shape index (κ2) is 9.06. The molecule has 1 aromatic carbocycles. The van der Waals surface area contributed by atoms with Gasteiger partial charge in [-0.1, -0.05) is 36.4 Å². The summed E-state index contributed by atoms with van der Waals surface area (Å²) in [5.41, 5.74) is 1.25. The average Bonchev–Trinajstić information content (AvgIpc) is 3.21. The topological polar surface area (TPSA) is 41.1 Å². The molecule has 5 heteroatoms. The third-order valence-corrected chi connectivity index (χ3v) is 5.08. The second-order valence-electron chi connectivity index (χ2n) is 5.82. The van der Waals surface area contributed by atoms with Crippen LogP contribution in [-0.4, -0.2) is 18.5 Å². The standard InChI is InChI=1S/C18H22N2OS.ClH/c21-18(13-15-8-4-10-19-15)20-16(17-9-5-11-22-17)12-14-6-2-1-3-7-14;/h1-3,5-7,9,11,15-16,19H,4,8,10,12-13H2,(H,20,21);1H. The molecule has 2 heterocycles. The highest BCUT2D eigenvalue weighted by Gasteiger charge is 2.21. The summed E-state index contributed by atoms with van der Waals surface area (Å²) in [6.07, 6.45) is 3.70. The number of thiophene rings is 1. The minimum Gasteiger partial charge on any atom is -0.348 e. The molecule has 124 valence electrons. The maximum Gasteiger partial charge on any atom is 0.222 e. The Kier molecular flexibility index (Phi) is 7.09. The quantitative estimate of drug-likeness (QED) is 0.833. The molecular formula is C18H23ClN2OS. The predicted molar refractivity (Wildman–Crippen MR) is 98.2 cm³/mol. The summed E-state index contributed by atoms with van der Waals surface area (Å²) < 4.78 is 0. The fourth-order valence-electron chi connectivity index (χ4n) is 2.97. The molecule has 2 atom stereocenters. The molecule has 1 aromatic heterocycles. The van der Waals surface area contributed by atoms with Crippen molar-refractivity contribution < 1.29 is 4.79 Å². The lowest BCUT2D eigenvalue weighted by molar-refractivity contribution is -0.122.